The fourth-order valence-corrected chi connectivity index (χ4v) is 5.20. The predicted octanol–water partition coefficient (Wildman–Crippen LogP) is 2.17. The number of rotatable bonds is 7. The van der Waals surface area contributed by atoms with Crippen LogP contribution in [0.15, 0.2) is 0 Å². The number of urea groups is 1. The molecule has 3 aliphatic rings. The summed E-state index contributed by atoms with van der Waals surface area (Å²) in [7, 11) is 0. The fraction of sp³-hybridized carbons (Fsp3) is 0.909. The minimum absolute atomic E-state index is 0.0159. The van der Waals surface area contributed by atoms with Gasteiger partial charge in [0.2, 0.25) is 5.91 Å². The molecule has 166 valence electrons. The van der Waals surface area contributed by atoms with Crippen molar-refractivity contribution in [3.63, 3.8) is 0 Å². The van der Waals surface area contributed by atoms with Crippen LogP contribution in [0.5, 0.6) is 0 Å². The Kier molecular flexibility index (Phi) is 8.60. The molecule has 0 aromatic heterocycles. The largest absolute Gasteiger partial charge is 0.379 e. The summed E-state index contributed by atoms with van der Waals surface area (Å²) in [5.74, 6) is 1.11. The van der Waals surface area contributed by atoms with Crippen LogP contribution in [0, 0.1) is 11.8 Å². The minimum atomic E-state index is 0.0159. The van der Waals surface area contributed by atoms with Crippen molar-refractivity contribution < 1.29 is 14.3 Å². The van der Waals surface area contributed by atoms with Crippen molar-refractivity contribution in [2.24, 2.45) is 11.8 Å². The molecule has 3 amide bonds. The summed E-state index contributed by atoms with van der Waals surface area (Å²) >= 11 is 0. The Morgan fingerprint density at radius 1 is 0.931 bits per heavy atom. The molecule has 0 aromatic carbocycles. The summed E-state index contributed by atoms with van der Waals surface area (Å²) in [6.07, 6.45) is 6.68. The number of piperazine rings is 1. The summed E-state index contributed by atoms with van der Waals surface area (Å²) in [5, 5.41) is 3.20. The zero-order chi connectivity index (χ0) is 20.6. The maximum atomic E-state index is 12.8. The van der Waals surface area contributed by atoms with Crippen LogP contribution >= 0.6 is 0 Å². The van der Waals surface area contributed by atoms with Crippen LogP contribution in [0.1, 0.15) is 52.4 Å². The number of morpholine rings is 1. The van der Waals surface area contributed by atoms with E-state index >= 15 is 0 Å². The van der Waals surface area contributed by atoms with E-state index in [1.54, 1.807) is 0 Å². The topological polar surface area (TPSA) is 65.1 Å². The monoisotopic (exact) mass is 408 g/mol. The highest BCUT2D eigenvalue weighted by Crippen LogP contribution is 2.27. The number of nitrogens with one attached hydrogen (secondary N) is 1. The van der Waals surface area contributed by atoms with Gasteiger partial charge in [-0.3, -0.25) is 9.69 Å². The lowest BCUT2D eigenvalue weighted by atomic mass is 9.92. The Hall–Kier alpha value is -1.34. The van der Waals surface area contributed by atoms with Crippen LogP contribution in [-0.2, 0) is 9.53 Å². The number of hydrogen-bond acceptors (Lipinski definition) is 4. The fourth-order valence-electron chi connectivity index (χ4n) is 5.20. The lowest BCUT2D eigenvalue weighted by Crippen LogP contribution is -2.57. The first-order valence-corrected chi connectivity index (χ1v) is 11.8. The normalized spacial score (nSPS) is 22.9. The molecule has 3 rings (SSSR count). The van der Waals surface area contributed by atoms with Crippen LogP contribution in [0.25, 0.3) is 0 Å². The molecule has 0 bridgehead atoms. The van der Waals surface area contributed by atoms with Gasteiger partial charge >= 0.3 is 6.03 Å². The second-order valence-corrected chi connectivity index (χ2v) is 8.77. The Morgan fingerprint density at radius 3 is 2.10 bits per heavy atom. The lowest BCUT2D eigenvalue weighted by molar-refractivity contribution is -0.136. The molecule has 7 nitrogen and oxygen atoms in total. The van der Waals surface area contributed by atoms with Gasteiger partial charge in [0, 0.05) is 57.8 Å². The summed E-state index contributed by atoms with van der Waals surface area (Å²) in [6.45, 7) is 11.2. The molecule has 0 aromatic rings. The third-order valence-corrected chi connectivity index (χ3v) is 7.15. The molecule has 1 saturated carbocycles. The van der Waals surface area contributed by atoms with Gasteiger partial charge in [-0.15, -0.1) is 0 Å². The molecule has 1 unspecified atom stereocenters. The van der Waals surface area contributed by atoms with E-state index in [2.05, 4.69) is 24.1 Å². The zero-order valence-electron chi connectivity index (χ0n) is 18.4. The maximum Gasteiger partial charge on any atom is 0.317 e. The molecule has 2 aliphatic heterocycles. The van der Waals surface area contributed by atoms with Crippen LogP contribution in [0.2, 0.25) is 0 Å². The first-order chi connectivity index (χ1) is 14.1. The number of amides is 3. The summed E-state index contributed by atoms with van der Waals surface area (Å²) < 4.78 is 5.51. The number of carbonyl (C=O) groups is 2. The van der Waals surface area contributed by atoms with E-state index in [-0.39, 0.29) is 11.9 Å². The third kappa shape index (κ3) is 5.85. The van der Waals surface area contributed by atoms with E-state index in [0.717, 1.165) is 52.0 Å². The number of ether oxygens (including phenoxy) is 1. The molecule has 1 atom stereocenters. The van der Waals surface area contributed by atoms with Crippen molar-refractivity contribution in [3.8, 4) is 0 Å². The molecule has 3 fully saturated rings. The Balaban J connectivity index is 1.46. The quantitative estimate of drug-likeness (QED) is 0.701. The van der Waals surface area contributed by atoms with Gasteiger partial charge in [0.1, 0.15) is 0 Å². The first kappa shape index (κ1) is 22.3. The van der Waals surface area contributed by atoms with Crippen molar-refractivity contribution in [2.45, 2.75) is 58.4 Å². The zero-order valence-corrected chi connectivity index (χ0v) is 18.4. The Morgan fingerprint density at radius 2 is 1.52 bits per heavy atom. The average molecular weight is 409 g/mol. The van der Waals surface area contributed by atoms with Crippen molar-refractivity contribution >= 4 is 11.9 Å². The highest BCUT2D eigenvalue weighted by Gasteiger charge is 2.31. The molecule has 1 N–H and O–H groups in total. The van der Waals surface area contributed by atoms with E-state index in [9.17, 15) is 9.59 Å². The first-order valence-electron chi connectivity index (χ1n) is 11.8. The highest BCUT2D eigenvalue weighted by atomic mass is 16.5. The molecule has 0 spiro atoms. The van der Waals surface area contributed by atoms with Gasteiger partial charge in [-0.1, -0.05) is 39.5 Å². The smallest absolute Gasteiger partial charge is 0.317 e. The van der Waals surface area contributed by atoms with Gasteiger partial charge in [-0.25, -0.2) is 4.79 Å². The van der Waals surface area contributed by atoms with Crippen LogP contribution in [0.3, 0.4) is 0 Å². The predicted molar refractivity (Wildman–Crippen MR) is 114 cm³/mol. The number of hydrogen-bond donors (Lipinski definition) is 1. The number of carbonyl (C=O) groups excluding carboxylic acids is 2. The van der Waals surface area contributed by atoms with Gasteiger partial charge in [0.05, 0.1) is 13.2 Å². The lowest BCUT2D eigenvalue weighted by Gasteiger charge is -2.40. The molecule has 2 heterocycles. The van der Waals surface area contributed by atoms with Crippen molar-refractivity contribution in [1.82, 2.24) is 20.0 Å². The van der Waals surface area contributed by atoms with Gasteiger partial charge in [-0.05, 0) is 18.8 Å². The van der Waals surface area contributed by atoms with E-state index in [0.29, 0.717) is 50.6 Å². The Bertz CT molecular complexity index is 520. The van der Waals surface area contributed by atoms with Crippen molar-refractivity contribution in [2.75, 3.05) is 59.0 Å². The average Bonchev–Trinajstić information content (AvgIpc) is 3.31. The molecular formula is C22H40N4O3. The molecule has 29 heavy (non-hydrogen) atoms. The summed E-state index contributed by atoms with van der Waals surface area (Å²) in [5.41, 5.74) is 0. The molecule has 0 radical (unpaired) electrons. The summed E-state index contributed by atoms with van der Waals surface area (Å²) in [6, 6.07) is 0.380. The van der Waals surface area contributed by atoms with Crippen molar-refractivity contribution in [1.29, 1.82) is 0 Å². The Labute approximate surface area is 176 Å². The van der Waals surface area contributed by atoms with Crippen LogP contribution < -0.4 is 5.32 Å². The number of nitrogens with zero attached hydrogens (tertiary/aromatic N) is 3. The molecule has 7 heteroatoms. The SMILES string of the molecule is CCC(CC)C(CNC(=O)N1CCN(C(=O)C2CCCC2)CC1)N1CCOCC1. The molecule has 2 saturated heterocycles. The van der Waals surface area contributed by atoms with Crippen LogP contribution in [-0.4, -0.2) is 91.7 Å². The molecular weight excluding hydrogens is 368 g/mol. The molecule has 1 aliphatic carbocycles. The second-order valence-electron chi connectivity index (χ2n) is 8.77. The maximum absolute atomic E-state index is 12.8. The van der Waals surface area contributed by atoms with E-state index in [4.69, 9.17) is 4.74 Å². The van der Waals surface area contributed by atoms with Gasteiger partial charge in [0.25, 0.3) is 0 Å². The third-order valence-electron chi connectivity index (χ3n) is 7.15. The standard InChI is InChI=1S/C22H40N4O3/c1-3-18(4-2)20(24-13-15-29-16-14-24)17-23-22(28)26-11-9-25(10-12-26)21(27)19-7-5-6-8-19/h18-20H,3-17H2,1-2H3,(H,23,28). The van der Waals surface area contributed by atoms with E-state index < -0.39 is 0 Å². The van der Waals surface area contributed by atoms with Gasteiger partial charge in [0.15, 0.2) is 0 Å². The van der Waals surface area contributed by atoms with Gasteiger partial charge < -0.3 is 19.9 Å². The minimum Gasteiger partial charge on any atom is -0.379 e. The van der Waals surface area contributed by atoms with E-state index in [1.165, 1.54) is 12.8 Å². The van der Waals surface area contributed by atoms with Crippen molar-refractivity contribution in [3.05, 3.63) is 0 Å². The second kappa shape index (κ2) is 11.2. The summed E-state index contributed by atoms with van der Waals surface area (Å²) in [4.78, 5) is 31.7. The highest BCUT2D eigenvalue weighted by molar-refractivity contribution is 5.80. The van der Waals surface area contributed by atoms with Crippen LogP contribution in [0.4, 0.5) is 4.79 Å². The van der Waals surface area contributed by atoms with Gasteiger partial charge in [-0.2, -0.15) is 0 Å². The van der Waals surface area contributed by atoms with E-state index in [1.807, 2.05) is 9.80 Å².